The Morgan fingerprint density at radius 2 is 2.00 bits per heavy atom. The van der Waals surface area contributed by atoms with Crippen LogP contribution in [0.25, 0.3) is 0 Å². The number of thiophene rings is 1. The maximum atomic E-state index is 13.2. The molecule has 3 aliphatic heterocycles. The van der Waals surface area contributed by atoms with Crippen LogP contribution in [0.15, 0.2) is 29.6 Å². The van der Waals surface area contributed by atoms with Crippen LogP contribution >= 0.6 is 11.3 Å². The van der Waals surface area contributed by atoms with Gasteiger partial charge in [-0.05, 0) is 60.4 Å². The highest BCUT2D eigenvalue weighted by Gasteiger charge is 2.41. The summed E-state index contributed by atoms with van der Waals surface area (Å²) in [6, 6.07) is 5.78. The first kappa shape index (κ1) is 26.0. The highest BCUT2D eigenvalue weighted by molar-refractivity contribution is 7.10. The molecule has 4 heterocycles. The Morgan fingerprint density at radius 1 is 1.13 bits per heavy atom. The molecule has 2 saturated heterocycles. The molecule has 3 unspecified atom stereocenters. The zero-order valence-corrected chi connectivity index (χ0v) is 21.9. The molecular formula is C28H31F3N2O4S. The van der Waals surface area contributed by atoms with Gasteiger partial charge in [0.05, 0.1) is 30.9 Å². The fraction of sp³-hybridized carbons (Fsp3) is 0.571. The van der Waals surface area contributed by atoms with Crippen LogP contribution in [-0.4, -0.2) is 73.0 Å². The zero-order valence-electron chi connectivity index (χ0n) is 21.0. The monoisotopic (exact) mass is 548 g/mol. The van der Waals surface area contributed by atoms with Gasteiger partial charge in [-0.1, -0.05) is 6.07 Å². The lowest BCUT2D eigenvalue weighted by molar-refractivity contribution is -0.137. The van der Waals surface area contributed by atoms with Crippen LogP contribution < -0.4 is 0 Å². The van der Waals surface area contributed by atoms with Gasteiger partial charge >= 0.3 is 6.18 Å². The fourth-order valence-electron chi connectivity index (χ4n) is 6.34. The van der Waals surface area contributed by atoms with E-state index in [1.807, 2.05) is 0 Å². The molecule has 0 spiro atoms. The van der Waals surface area contributed by atoms with Gasteiger partial charge in [0, 0.05) is 55.1 Å². The van der Waals surface area contributed by atoms with Gasteiger partial charge in [-0.3, -0.25) is 14.5 Å². The van der Waals surface area contributed by atoms with Gasteiger partial charge in [0.1, 0.15) is 0 Å². The third-order valence-electron chi connectivity index (χ3n) is 8.38. The molecule has 6 rings (SSSR count). The number of alkyl halides is 3. The van der Waals surface area contributed by atoms with E-state index in [2.05, 4.69) is 16.3 Å². The largest absolute Gasteiger partial charge is 0.416 e. The molecule has 1 aromatic carbocycles. The van der Waals surface area contributed by atoms with Crippen LogP contribution in [0.2, 0.25) is 0 Å². The number of likely N-dealkylation sites (tertiary alicyclic amines) is 1. The Kier molecular flexibility index (Phi) is 7.09. The van der Waals surface area contributed by atoms with E-state index in [0.717, 1.165) is 51.1 Å². The predicted octanol–water partition coefficient (Wildman–Crippen LogP) is 4.52. The first-order valence-corrected chi connectivity index (χ1v) is 14.2. The van der Waals surface area contributed by atoms with Crippen molar-refractivity contribution in [3.8, 4) is 0 Å². The quantitative estimate of drug-likeness (QED) is 0.510. The van der Waals surface area contributed by atoms with Gasteiger partial charge in [-0.2, -0.15) is 13.2 Å². The van der Waals surface area contributed by atoms with Gasteiger partial charge in [0.2, 0.25) is 0 Å². The summed E-state index contributed by atoms with van der Waals surface area (Å²) in [6.07, 6.45) is -0.931. The smallest absolute Gasteiger partial charge is 0.380 e. The molecule has 6 nitrogen and oxygen atoms in total. The van der Waals surface area contributed by atoms with Gasteiger partial charge < -0.3 is 14.4 Å². The van der Waals surface area contributed by atoms with Gasteiger partial charge in [-0.25, -0.2) is 0 Å². The lowest BCUT2D eigenvalue weighted by atomic mass is 9.95. The second kappa shape index (κ2) is 10.4. The predicted molar refractivity (Wildman–Crippen MR) is 135 cm³/mol. The van der Waals surface area contributed by atoms with E-state index in [9.17, 15) is 22.8 Å². The molecule has 0 saturated carbocycles. The molecule has 1 aliphatic carbocycles. The van der Waals surface area contributed by atoms with Crippen molar-refractivity contribution in [2.75, 3.05) is 39.4 Å². The van der Waals surface area contributed by atoms with E-state index < -0.39 is 17.6 Å². The minimum absolute atomic E-state index is 0.00359. The summed E-state index contributed by atoms with van der Waals surface area (Å²) in [6.45, 7) is 3.14. The molecule has 204 valence electrons. The zero-order chi connectivity index (χ0) is 26.4. The molecule has 2 fully saturated rings. The summed E-state index contributed by atoms with van der Waals surface area (Å²) in [5, 5.41) is 2.10. The lowest BCUT2D eigenvalue weighted by Crippen LogP contribution is -2.41. The van der Waals surface area contributed by atoms with Crippen LogP contribution in [0.1, 0.15) is 57.3 Å². The molecule has 4 atom stereocenters. The van der Waals surface area contributed by atoms with E-state index in [1.54, 1.807) is 11.3 Å². The Bertz CT molecular complexity index is 1210. The molecule has 1 aromatic heterocycles. The molecule has 4 aliphatic rings. The molecular weight excluding hydrogens is 517 g/mol. The van der Waals surface area contributed by atoms with Gasteiger partial charge in [0.25, 0.3) is 5.91 Å². The van der Waals surface area contributed by atoms with E-state index in [1.165, 1.54) is 21.4 Å². The normalized spacial score (nSPS) is 27.7. The van der Waals surface area contributed by atoms with E-state index in [-0.39, 0.29) is 42.4 Å². The second-order valence-electron chi connectivity index (χ2n) is 10.8. The molecule has 10 heteroatoms. The number of nitrogens with zero attached hydrogens (tertiary/aromatic N) is 2. The van der Waals surface area contributed by atoms with Gasteiger partial charge in [0.15, 0.2) is 5.78 Å². The summed E-state index contributed by atoms with van der Waals surface area (Å²) < 4.78 is 51.9. The summed E-state index contributed by atoms with van der Waals surface area (Å²) in [5.41, 5.74) is 1.14. The number of carbonyl (C=O) groups is 2. The highest BCUT2D eigenvalue weighted by atomic mass is 32.1. The number of aryl methyl sites for hydroxylation is 1. The van der Waals surface area contributed by atoms with Crippen molar-refractivity contribution in [3.05, 3.63) is 56.8 Å². The Morgan fingerprint density at radius 3 is 2.79 bits per heavy atom. The van der Waals surface area contributed by atoms with E-state index in [4.69, 9.17) is 9.47 Å². The van der Waals surface area contributed by atoms with E-state index in [0.29, 0.717) is 31.2 Å². The van der Waals surface area contributed by atoms with Crippen LogP contribution in [0, 0.1) is 5.92 Å². The van der Waals surface area contributed by atoms with Crippen LogP contribution in [0.5, 0.6) is 0 Å². The van der Waals surface area contributed by atoms with Crippen LogP contribution in [0.3, 0.4) is 0 Å². The number of fused-ring (bicyclic) bond motifs is 2. The van der Waals surface area contributed by atoms with Crippen molar-refractivity contribution in [3.63, 3.8) is 0 Å². The number of ketones is 1. The van der Waals surface area contributed by atoms with Crippen molar-refractivity contribution in [1.82, 2.24) is 9.80 Å². The van der Waals surface area contributed by atoms with Crippen molar-refractivity contribution in [2.45, 2.75) is 56.5 Å². The number of ether oxygens (including phenoxy) is 2. The molecule has 0 radical (unpaired) electrons. The van der Waals surface area contributed by atoms with Crippen LogP contribution in [-0.2, 0) is 33.3 Å². The number of halogens is 3. The molecule has 1 amide bonds. The Balaban J connectivity index is 1.13. The first-order chi connectivity index (χ1) is 18.3. The van der Waals surface area contributed by atoms with Crippen molar-refractivity contribution < 1.29 is 32.2 Å². The Labute approximate surface area is 223 Å². The number of rotatable bonds is 7. The average molecular weight is 549 g/mol. The average Bonchev–Trinajstić information content (AvgIpc) is 3.67. The van der Waals surface area contributed by atoms with E-state index >= 15 is 0 Å². The van der Waals surface area contributed by atoms with Crippen molar-refractivity contribution >= 4 is 23.0 Å². The van der Waals surface area contributed by atoms with Gasteiger partial charge in [-0.15, -0.1) is 11.3 Å². The number of hydrogen-bond acceptors (Lipinski definition) is 6. The molecule has 2 aromatic rings. The van der Waals surface area contributed by atoms with Crippen LogP contribution in [0.4, 0.5) is 13.2 Å². The standard InChI is InChI=1S/C28H31F3N2O4S/c29-28(30,31)20-3-1-17-5-8-32(27(35)23(17)12-20)14-22(34)11-19-13-33(21-6-9-36-16-21)15-25(19)37-24-4-2-18-7-10-38-26(18)24/h1,3,7,10,12,19,21,24-25H,2,4-6,8-9,11,13-16H2/t19?,21?,24?,25-/m0/s1. The molecule has 38 heavy (non-hydrogen) atoms. The number of Topliss-reactive ketones (excluding diaryl/α,β-unsaturated/α-hetero) is 1. The fourth-order valence-corrected chi connectivity index (χ4v) is 7.37. The number of benzene rings is 1. The third-order valence-corrected chi connectivity index (χ3v) is 9.43. The van der Waals surface area contributed by atoms with Crippen molar-refractivity contribution in [2.24, 2.45) is 5.92 Å². The number of hydrogen-bond donors (Lipinski definition) is 0. The topological polar surface area (TPSA) is 59.1 Å². The summed E-state index contributed by atoms with van der Waals surface area (Å²) in [4.78, 5) is 31.3. The summed E-state index contributed by atoms with van der Waals surface area (Å²) in [7, 11) is 0. The SMILES string of the molecule is O=C(CC1CN(C2CCOC2)C[C@@H]1OC1CCc2ccsc21)CN1CCc2ccc(C(F)(F)F)cc2C1=O. The maximum absolute atomic E-state index is 13.2. The highest BCUT2D eigenvalue weighted by Crippen LogP contribution is 2.41. The Hall–Kier alpha value is -2.27. The summed E-state index contributed by atoms with van der Waals surface area (Å²) in [5.74, 6) is -0.595. The molecule has 0 bridgehead atoms. The lowest BCUT2D eigenvalue weighted by Gasteiger charge is -2.29. The number of carbonyl (C=O) groups excluding carboxylic acids is 2. The van der Waals surface area contributed by atoms with Crippen molar-refractivity contribution in [1.29, 1.82) is 0 Å². The maximum Gasteiger partial charge on any atom is 0.416 e. The third kappa shape index (κ3) is 5.15. The minimum atomic E-state index is -4.52. The second-order valence-corrected chi connectivity index (χ2v) is 11.8. The minimum Gasteiger partial charge on any atom is -0.380 e. The first-order valence-electron chi connectivity index (χ1n) is 13.3. The summed E-state index contributed by atoms with van der Waals surface area (Å²) >= 11 is 1.73. The number of amides is 1. The molecule has 0 N–H and O–H groups in total.